The fourth-order valence-corrected chi connectivity index (χ4v) is 2.79. The number of urea groups is 1. The van der Waals surface area contributed by atoms with Crippen molar-refractivity contribution in [3.63, 3.8) is 0 Å². The zero-order valence-electron chi connectivity index (χ0n) is 8.81. The van der Waals surface area contributed by atoms with Gasteiger partial charge in [0.05, 0.1) is 5.54 Å². The third-order valence-electron chi connectivity index (χ3n) is 3.51. The maximum absolute atomic E-state index is 11.7. The van der Waals surface area contributed by atoms with Crippen LogP contribution in [0.1, 0.15) is 25.7 Å². The predicted molar refractivity (Wildman–Crippen MR) is 55.2 cm³/mol. The molecule has 2 amide bonds. The normalized spacial score (nSPS) is 32.2. The van der Waals surface area contributed by atoms with E-state index in [1.165, 1.54) is 6.42 Å². The molecule has 4 heteroatoms. The fraction of sp³-hybridized carbons (Fsp3) is 0.900. The summed E-state index contributed by atoms with van der Waals surface area (Å²) in [5.41, 5.74) is 0.123. The summed E-state index contributed by atoms with van der Waals surface area (Å²) >= 11 is 0. The van der Waals surface area contributed by atoms with Gasteiger partial charge in [0.1, 0.15) is 0 Å². The van der Waals surface area contributed by atoms with Crippen molar-refractivity contribution in [3.8, 4) is 0 Å². The van der Waals surface area contributed by atoms with Gasteiger partial charge in [0.15, 0.2) is 0 Å². The van der Waals surface area contributed by atoms with Crippen molar-refractivity contribution in [3.05, 3.63) is 0 Å². The fourth-order valence-electron chi connectivity index (χ4n) is 2.79. The summed E-state index contributed by atoms with van der Waals surface area (Å²) in [5, 5.41) is 6.14. The lowest BCUT2D eigenvalue weighted by Crippen LogP contribution is -2.58. The van der Waals surface area contributed by atoms with Crippen LogP contribution in [0.4, 0.5) is 4.79 Å². The van der Waals surface area contributed by atoms with Gasteiger partial charge in [-0.05, 0) is 32.2 Å². The second-order valence-corrected chi connectivity index (χ2v) is 4.32. The van der Waals surface area contributed by atoms with E-state index in [9.17, 15) is 4.79 Å². The van der Waals surface area contributed by atoms with E-state index in [-0.39, 0.29) is 11.6 Å². The van der Waals surface area contributed by atoms with Crippen LogP contribution >= 0.6 is 0 Å². The van der Waals surface area contributed by atoms with Gasteiger partial charge in [-0.25, -0.2) is 4.79 Å². The van der Waals surface area contributed by atoms with Crippen LogP contribution < -0.4 is 10.6 Å². The highest BCUT2D eigenvalue weighted by Gasteiger charge is 2.43. The van der Waals surface area contributed by atoms with Gasteiger partial charge in [0, 0.05) is 20.1 Å². The quantitative estimate of drug-likeness (QED) is 0.595. The molecule has 2 rings (SSSR count). The molecule has 4 nitrogen and oxygen atoms in total. The second-order valence-electron chi connectivity index (χ2n) is 4.32. The first kappa shape index (κ1) is 9.77. The lowest BCUT2D eigenvalue weighted by atomic mass is 9.88. The van der Waals surface area contributed by atoms with E-state index in [2.05, 4.69) is 10.6 Å². The van der Waals surface area contributed by atoms with Gasteiger partial charge in [0.2, 0.25) is 0 Å². The van der Waals surface area contributed by atoms with Gasteiger partial charge in [-0.1, -0.05) is 0 Å². The Kier molecular flexibility index (Phi) is 2.63. The molecule has 2 aliphatic rings. The molecule has 1 spiro atoms. The standard InChI is InChI=1S/C10H19N3O/c1-11-9(14)13-7-3-5-10(13)4-2-6-12-8-10/h12H,2-8H2,1H3,(H,11,14). The molecule has 0 aromatic rings. The van der Waals surface area contributed by atoms with Crippen LogP contribution in [0.25, 0.3) is 0 Å². The SMILES string of the molecule is CNC(=O)N1CCCC12CCCNC2. The van der Waals surface area contributed by atoms with E-state index < -0.39 is 0 Å². The first-order valence-corrected chi connectivity index (χ1v) is 5.49. The molecular weight excluding hydrogens is 178 g/mol. The number of nitrogens with zero attached hydrogens (tertiary/aromatic N) is 1. The van der Waals surface area contributed by atoms with Crippen molar-refractivity contribution in [2.24, 2.45) is 0 Å². The molecule has 14 heavy (non-hydrogen) atoms. The highest BCUT2D eigenvalue weighted by Crippen LogP contribution is 2.34. The van der Waals surface area contributed by atoms with Gasteiger partial charge in [-0.2, -0.15) is 0 Å². The van der Waals surface area contributed by atoms with Crippen molar-refractivity contribution >= 4 is 6.03 Å². The minimum absolute atomic E-state index is 0.0891. The highest BCUT2D eigenvalue weighted by molar-refractivity contribution is 5.75. The molecule has 2 fully saturated rings. The predicted octanol–water partition coefficient (Wildman–Crippen LogP) is 0.544. The highest BCUT2D eigenvalue weighted by atomic mass is 16.2. The molecule has 1 atom stereocenters. The number of hydrogen-bond acceptors (Lipinski definition) is 2. The molecular formula is C10H19N3O. The van der Waals surface area contributed by atoms with E-state index in [4.69, 9.17) is 0 Å². The summed E-state index contributed by atoms with van der Waals surface area (Å²) in [5.74, 6) is 0. The van der Waals surface area contributed by atoms with Crippen LogP contribution in [0.15, 0.2) is 0 Å². The first-order chi connectivity index (χ1) is 6.78. The molecule has 2 heterocycles. The average Bonchev–Trinajstić information content (AvgIpc) is 2.62. The summed E-state index contributed by atoms with van der Waals surface area (Å²) in [6, 6.07) is 0.0891. The lowest BCUT2D eigenvalue weighted by molar-refractivity contribution is 0.123. The summed E-state index contributed by atoms with van der Waals surface area (Å²) in [7, 11) is 1.71. The molecule has 2 aliphatic heterocycles. The van der Waals surface area contributed by atoms with Crippen molar-refractivity contribution < 1.29 is 4.79 Å². The van der Waals surface area contributed by atoms with Gasteiger partial charge in [-0.3, -0.25) is 0 Å². The number of rotatable bonds is 0. The summed E-state index contributed by atoms with van der Waals surface area (Å²) in [6.07, 6.45) is 4.66. The van der Waals surface area contributed by atoms with Crippen molar-refractivity contribution in [1.29, 1.82) is 0 Å². The first-order valence-electron chi connectivity index (χ1n) is 5.49. The number of carbonyl (C=O) groups excluding carboxylic acids is 1. The molecule has 0 saturated carbocycles. The molecule has 0 aromatic carbocycles. The number of piperidine rings is 1. The topological polar surface area (TPSA) is 44.4 Å². The monoisotopic (exact) mass is 197 g/mol. The number of amides is 2. The van der Waals surface area contributed by atoms with Crippen LogP contribution in [0.2, 0.25) is 0 Å². The van der Waals surface area contributed by atoms with Gasteiger partial charge in [-0.15, -0.1) is 0 Å². The second kappa shape index (κ2) is 3.77. The van der Waals surface area contributed by atoms with E-state index in [1.807, 2.05) is 4.90 Å². The van der Waals surface area contributed by atoms with Gasteiger partial charge in [0.25, 0.3) is 0 Å². The molecule has 2 N–H and O–H groups in total. The molecule has 80 valence electrons. The smallest absolute Gasteiger partial charge is 0.317 e. The third-order valence-corrected chi connectivity index (χ3v) is 3.51. The van der Waals surface area contributed by atoms with Gasteiger partial charge >= 0.3 is 6.03 Å². The molecule has 0 aromatic heterocycles. The minimum Gasteiger partial charge on any atom is -0.341 e. The zero-order chi connectivity index (χ0) is 10.0. The molecule has 0 radical (unpaired) electrons. The van der Waals surface area contributed by atoms with Crippen LogP contribution in [-0.4, -0.2) is 43.2 Å². The summed E-state index contributed by atoms with van der Waals surface area (Å²) < 4.78 is 0. The van der Waals surface area contributed by atoms with Crippen molar-refractivity contribution in [2.75, 3.05) is 26.7 Å². The Morgan fingerprint density at radius 3 is 2.86 bits per heavy atom. The Hall–Kier alpha value is -0.770. The van der Waals surface area contributed by atoms with Crippen molar-refractivity contribution in [1.82, 2.24) is 15.5 Å². The number of likely N-dealkylation sites (tertiary alicyclic amines) is 1. The van der Waals surface area contributed by atoms with E-state index in [0.29, 0.717) is 0 Å². The maximum atomic E-state index is 11.7. The Morgan fingerprint density at radius 2 is 2.21 bits per heavy atom. The molecule has 2 saturated heterocycles. The average molecular weight is 197 g/mol. The number of hydrogen-bond donors (Lipinski definition) is 2. The molecule has 0 bridgehead atoms. The lowest BCUT2D eigenvalue weighted by Gasteiger charge is -2.41. The third kappa shape index (κ3) is 1.47. The van der Waals surface area contributed by atoms with Crippen LogP contribution in [-0.2, 0) is 0 Å². The van der Waals surface area contributed by atoms with Crippen molar-refractivity contribution in [2.45, 2.75) is 31.2 Å². The molecule has 0 aliphatic carbocycles. The van der Waals surface area contributed by atoms with E-state index in [1.54, 1.807) is 7.05 Å². The van der Waals surface area contributed by atoms with Gasteiger partial charge < -0.3 is 15.5 Å². The zero-order valence-corrected chi connectivity index (χ0v) is 8.81. The largest absolute Gasteiger partial charge is 0.341 e. The summed E-state index contributed by atoms with van der Waals surface area (Å²) in [4.78, 5) is 13.7. The Balaban J connectivity index is 2.11. The van der Waals surface area contributed by atoms with Crippen LogP contribution in [0.3, 0.4) is 0 Å². The Labute approximate surface area is 85.0 Å². The Morgan fingerprint density at radius 1 is 1.43 bits per heavy atom. The van der Waals surface area contributed by atoms with Crippen LogP contribution in [0, 0.1) is 0 Å². The minimum atomic E-state index is 0.0891. The van der Waals surface area contributed by atoms with E-state index in [0.717, 1.165) is 38.9 Å². The van der Waals surface area contributed by atoms with Crippen LogP contribution in [0.5, 0.6) is 0 Å². The Bertz CT molecular complexity index is 223. The van der Waals surface area contributed by atoms with E-state index >= 15 is 0 Å². The summed E-state index contributed by atoms with van der Waals surface area (Å²) in [6.45, 7) is 2.99. The number of carbonyl (C=O) groups is 1. The maximum Gasteiger partial charge on any atom is 0.317 e. The molecule has 1 unspecified atom stereocenters. The number of nitrogens with one attached hydrogen (secondary N) is 2.